The predicted octanol–water partition coefficient (Wildman–Crippen LogP) is 4.39. The van der Waals surface area contributed by atoms with Crippen LogP contribution in [0.4, 0.5) is 10.1 Å². The van der Waals surface area contributed by atoms with Crippen molar-refractivity contribution in [3.8, 4) is 0 Å². The number of thioether (sulfide) groups is 2. The van der Waals surface area contributed by atoms with Gasteiger partial charge in [0.2, 0.25) is 0 Å². The maximum Gasteiger partial charge on any atom is 0.138 e. The van der Waals surface area contributed by atoms with Crippen LogP contribution in [0.3, 0.4) is 0 Å². The molecule has 1 unspecified atom stereocenters. The molecule has 0 aliphatic carbocycles. The van der Waals surface area contributed by atoms with E-state index < -0.39 is 0 Å². The average molecular weight is 291 g/mol. The topological polar surface area (TPSA) is 26.0 Å². The summed E-state index contributed by atoms with van der Waals surface area (Å²) in [6.07, 6.45) is 0. The molecule has 4 heteroatoms. The van der Waals surface area contributed by atoms with E-state index in [0.29, 0.717) is 16.5 Å². The largest absolute Gasteiger partial charge is 0.399 e. The van der Waals surface area contributed by atoms with E-state index in [9.17, 15) is 4.39 Å². The second-order valence-electron chi connectivity index (χ2n) is 4.55. The number of rotatable bonds is 3. The molecule has 0 spiro atoms. The maximum absolute atomic E-state index is 13.7. The first-order chi connectivity index (χ1) is 9.24. The minimum Gasteiger partial charge on any atom is -0.399 e. The molecule has 2 aromatic rings. The molecule has 0 fully saturated rings. The van der Waals surface area contributed by atoms with Crippen molar-refractivity contribution in [3.05, 3.63) is 53.8 Å². The van der Waals surface area contributed by atoms with E-state index in [1.54, 1.807) is 23.9 Å². The summed E-state index contributed by atoms with van der Waals surface area (Å²) in [5.74, 6) is 2.28. The monoisotopic (exact) mass is 291 g/mol. The molecule has 0 saturated carbocycles. The lowest BCUT2D eigenvalue weighted by atomic mass is 10.0. The van der Waals surface area contributed by atoms with Gasteiger partial charge in [0.25, 0.3) is 0 Å². The Morgan fingerprint density at radius 1 is 1.26 bits per heavy atom. The van der Waals surface area contributed by atoms with Gasteiger partial charge in [0, 0.05) is 32.9 Å². The van der Waals surface area contributed by atoms with Gasteiger partial charge in [0.05, 0.1) is 0 Å². The van der Waals surface area contributed by atoms with Crippen LogP contribution in [0.2, 0.25) is 0 Å². The quantitative estimate of drug-likeness (QED) is 0.671. The highest BCUT2D eigenvalue weighted by Gasteiger charge is 2.22. The molecule has 1 heterocycles. The van der Waals surface area contributed by atoms with Crippen LogP contribution >= 0.6 is 23.5 Å². The molecule has 0 bridgehead atoms. The van der Waals surface area contributed by atoms with E-state index in [1.807, 2.05) is 11.8 Å². The molecule has 0 saturated heterocycles. The molecular weight excluding hydrogens is 277 g/mol. The predicted molar refractivity (Wildman–Crippen MR) is 81.4 cm³/mol. The molecule has 1 nitrogen and oxygen atoms in total. The molecule has 2 aromatic carbocycles. The van der Waals surface area contributed by atoms with Crippen LogP contribution in [0.15, 0.2) is 52.3 Å². The minimum absolute atomic E-state index is 0.219. The van der Waals surface area contributed by atoms with Crippen molar-refractivity contribution in [2.45, 2.75) is 15.7 Å². The highest BCUT2D eigenvalue weighted by atomic mass is 32.2. The van der Waals surface area contributed by atoms with Crippen molar-refractivity contribution in [1.82, 2.24) is 0 Å². The normalized spacial score (nSPS) is 17.4. The zero-order chi connectivity index (χ0) is 13.2. The molecular formula is C15H14FNS2. The van der Waals surface area contributed by atoms with Crippen molar-refractivity contribution in [1.29, 1.82) is 0 Å². The van der Waals surface area contributed by atoms with Crippen molar-refractivity contribution in [2.24, 2.45) is 0 Å². The Morgan fingerprint density at radius 3 is 2.95 bits per heavy atom. The number of hydrogen-bond acceptors (Lipinski definition) is 3. The Balaban J connectivity index is 1.71. The van der Waals surface area contributed by atoms with Gasteiger partial charge >= 0.3 is 0 Å². The third kappa shape index (κ3) is 2.74. The van der Waals surface area contributed by atoms with Gasteiger partial charge in [-0.15, -0.1) is 23.5 Å². The summed E-state index contributed by atoms with van der Waals surface area (Å²) < 4.78 is 13.7. The summed E-state index contributed by atoms with van der Waals surface area (Å²) in [5.41, 5.74) is 7.43. The average Bonchev–Trinajstić information content (AvgIpc) is 2.81. The second kappa shape index (κ2) is 5.47. The number of nitrogens with two attached hydrogens (primary N) is 1. The van der Waals surface area contributed by atoms with Crippen LogP contribution in [0, 0.1) is 5.82 Å². The van der Waals surface area contributed by atoms with Gasteiger partial charge in [-0.1, -0.05) is 18.2 Å². The number of nitrogen functional groups attached to an aromatic ring is 1. The highest BCUT2D eigenvalue weighted by Crippen LogP contribution is 2.42. The fourth-order valence-electron chi connectivity index (χ4n) is 2.19. The Labute approximate surface area is 120 Å². The van der Waals surface area contributed by atoms with Gasteiger partial charge in [-0.3, -0.25) is 0 Å². The molecule has 19 heavy (non-hydrogen) atoms. The summed E-state index contributed by atoms with van der Waals surface area (Å²) in [7, 11) is 0. The molecule has 1 atom stereocenters. The number of fused-ring (bicyclic) bond motifs is 1. The van der Waals surface area contributed by atoms with Crippen LogP contribution in [-0.2, 0) is 0 Å². The van der Waals surface area contributed by atoms with Gasteiger partial charge in [-0.2, -0.15) is 0 Å². The van der Waals surface area contributed by atoms with Crippen molar-refractivity contribution in [2.75, 3.05) is 17.2 Å². The van der Waals surface area contributed by atoms with Crippen molar-refractivity contribution < 1.29 is 4.39 Å². The number of anilines is 1. The first-order valence-corrected chi connectivity index (χ1v) is 8.11. The fraction of sp³-hybridized carbons (Fsp3) is 0.200. The third-order valence-electron chi connectivity index (χ3n) is 3.19. The standard InChI is InChI=1S/C15H14FNS2/c16-13-7-11(17)5-6-15(13)19-9-10-8-18-14-4-2-1-3-12(10)14/h1-7,10H,8-9,17H2. The summed E-state index contributed by atoms with van der Waals surface area (Å²) in [4.78, 5) is 2.05. The third-order valence-corrected chi connectivity index (χ3v) is 5.66. The van der Waals surface area contributed by atoms with Crippen LogP contribution < -0.4 is 5.73 Å². The lowest BCUT2D eigenvalue weighted by Crippen LogP contribution is -2.00. The number of hydrogen-bond donors (Lipinski definition) is 1. The zero-order valence-corrected chi connectivity index (χ0v) is 11.9. The molecule has 0 radical (unpaired) electrons. The Bertz CT molecular complexity index is 600. The molecule has 3 rings (SSSR count). The molecule has 98 valence electrons. The van der Waals surface area contributed by atoms with Crippen molar-refractivity contribution >= 4 is 29.2 Å². The SMILES string of the molecule is Nc1ccc(SCC2CSc3ccccc32)c(F)c1. The van der Waals surface area contributed by atoms with Gasteiger partial charge < -0.3 is 5.73 Å². The van der Waals surface area contributed by atoms with Gasteiger partial charge in [-0.05, 0) is 29.8 Å². The Morgan fingerprint density at radius 2 is 2.11 bits per heavy atom. The highest BCUT2D eigenvalue weighted by molar-refractivity contribution is 8.00. The fourth-order valence-corrected chi connectivity index (χ4v) is 4.63. The summed E-state index contributed by atoms with van der Waals surface area (Å²) >= 11 is 3.46. The molecule has 1 aliphatic rings. The van der Waals surface area contributed by atoms with Crippen LogP contribution in [0.5, 0.6) is 0 Å². The van der Waals surface area contributed by atoms with Crippen molar-refractivity contribution in [3.63, 3.8) is 0 Å². The Hall–Kier alpha value is -1.13. The summed E-state index contributed by atoms with van der Waals surface area (Å²) in [5, 5.41) is 0. The lowest BCUT2D eigenvalue weighted by molar-refractivity contribution is 0.602. The second-order valence-corrected chi connectivity index (χ2v) is 6.67. The summed E-state index contributed by atoms with van der Waals surface area (Å²) in [6.45, 7) is 0. The van der Waals surface area contributed by atoms with E-state index in [2.05, 4.69) is 24.3 Å². The van der Waals surface area contributed by atoms with Crippen LogP contribution in [0.25, 0.3) is 0 Å². The van der Waals surface area contributed by atoms with Crippen LogP contribution in [-0.4, -0.2) is 11.5 Å². The molecule has 0 amide bonds. The molecule has 0 aromatic heterocycles. The van der Waals surface area contributed by atoms with Gasteiger partial charge in [0.15, 0.2) is 0 Å². The first kappa shape index (κ1) is 12.9. The number of halogens is 1. The van der Waals surface area contributed by atoms with Gasteiger partial charge in [0.1, 0.15) is 5.82 Å². The van der Waals surface area contributed by atoms with E-state index in [4.69, 9.17) is 5.73 Å². The number of benzene rings is 2. The van der Waals surface area contributed by atoms with Crippen LogP contribution in [0.1, 0.15) is 11.5 Å². The Kier molecular flexibility index (Phi) is 3.71. The zero-order valence-electron chi connectivity index (χ0n) is 10.3. The molecule has 1 aliphatic heterocycles. The minimum atomic E-state index is -0.219. The lowest BCUT2D eigenvalue weighted by Gasteiger charge is -2.10. The van der Waals surface area contributed by atoms with E-state index >= 15 is 0 Å². The maximum atomic E-state index is 13.7. The van der Waals surface area contributed by atoms with Gasteiger partial charge in [-0.25, -0.2) is 4.39 Å². The van der Waals surface area contributed by atoms with E-state index in [0.717, 1.165) is 11.5 Å². The first-order valence-electron chi connectivity index (χ1n) is 6.13. The smallest absolute Gasteiger partial charge is 0.138 e. The molecule has 2 N–H and O–H groups in total. The van der Waals surface area contributed by atoms with E-state index in [-0.39, 0.29) is 5.82 Å². The van der Waals surface area contributed by atoms with E-state index in [1.165, 1.54) is 16.5 Å². The summed E-state index contributed by atoms with van der Waals surface area (Å²) in [6, 6.07) is 13.4.